The Morgan fingerprint density at radius 2 is 2.29 bits per heavy atom. The molecule has 0 aromatic heterocycles. The van der Waals surface area contributed by atoms with Gasteiger partial charge in [-0.2, -0.15) is 5.26 Å². The molecule has 0 radical (unpaired) electrons. The van der Waals surface area contributed by atoms with E-state index in [1.54, 1.807) is 0 Å². The van der Waals surface area contributed by atoms with Gasteiger partial charge in [0, 0.05) is 38.2 Å². The average Bonchev–Trinajstić information content (AvgIpc) is 2.88. The zero-order valence-corrected chi connectivity index (χ0v) is 11.5. The molecule has 1 N–H and O–H groups in total. The van der Waals surface area contributed by atoms with Gasteiger partial charge in [-0.25, -0.2) is 0 Å². The smallest absolute Gasteiger partial charge is 0.270 e. The van der Waals surface area contributed by atoms with Crippen LogP contribution in [-0.2, 0) is 4.79 Å². The van der Waals surface area contributed by atoms with Crippen LogP contribution in [0.3, 0.4) is 0 Å². The lowest BCUT2D eigenvalue weighted by Crippen LogP contribution is -2.27. The summed E-state index contributed by atoms with van der Waals surface area (Å²) in [7, 11) is 0. The third-order valence-corrected chi connectivity index (χ3v) is 3.43. The number of carbonyl (C=O) groups excluding carboxylic acids is 1. The average molecular weight is 288 g/mol. The summed E-state index contributed by atoms with van der Waals surface area (Å²) in [5.74, 6) is 0.197. The molecule has 0 spiro atoms. The lowest BCUT2D eigenvalue weighted by atomic mass is 10.1. The third kappa shape index (κ3) is 3.69. The molecule has 0 unspecified atom stereocenters. The lowest BCUT2D eigenvalue weighted by molar-refractivity contribution is -0.384. The van der Waals surface area contributed by atoms with Crippen LogP contribution in [0, 0.1) is 21.4 Å². The van der Waals surface area contributed by atoms with Crippen LogP contribution in [-0.4, -0.2) is 35.4 Å². The lowest BCUT2D eigenvalue weighted by Gasteiger charge is -2.15. The molecule has 110 valence electrons. The van der Waals surface area contributed by atoms with Gasteiger partial charge in [0.1, 0.15) is 6.07 Å². The van der Waals surface area contributed by atoms with Gasteiger partial charge in [0.15, 0.2) is 0 Å². The fourth-order valence-electron chi connectivity index (χ4n) is 2.33. The van der Waals surface area contributed by atoms with Crippen molar-refractivity contribution in [3.05, 3.63) is 33.9 Å². The number of carbonyl (C=O) groups is 1. The van der Waals surface area contributed by atoms with Crippen LogP contribution in [0.25, 0.3) is 0 Å². The summed E-state index contributed by atoms with van der Waals surface area (Å²) in [6, 6.07) is 6.11. The standard InChI is InChI=1S/C14H16N4O3/c15-10-11-9-12(18(20)21)4-5-13(11)16-6-2-8-17-7-1-3-14(17)19/h4-5,9,16H,1-3,6-8H2. The second-order valence-corrected chi connectivity index (χ2v) is 4.86. The van der Waals surface area contributed by atoms with Crippen molar-refractivity contribution in [2.45, 2.75) is 19.3 Å². The highest BCUT2D eigenvalue weighted by atomic mass is 16.6. The topological polar surface area (TPSA) is 99.3 Å². The molecule has 0 aliphatic carbocycles. The second kappa shape index (κ2) is 6.70. The number of amides is 1. The highest BCUT2D eigenvalue weighted by molar-refractivity contribution is 5.78. The van der Waals surface area contributed by atoms with Gasteiger partial charge in [-0.05, 0) is 18.9 Å². The number of likely N-dealkylation sites (tertiary alicyclic amines) is 1. The molecule has 1 saturated heterocycles. The maximum Gasteiger partial charge on any atom is 0.270 e. The number of benzene rings is 1. The van der Waals surface area contributed by atoms with Crippen LogP contribution in [0.4, 0.5) is 11.4 Å². The van der Waals surface area contributed by atoms with Crippen molar-refractivity contribution in [2.75, 3.05) is 25.0 Å². The Balaban J connectivity index is 1.87. The first-order valence-electron chi connectivity index (χ1n) is 6.82. The number of rotatable bonds is 6. The molecule has 1 aliphatic heterocycles. The van der Waals surface area contributed by atoms with Crippen molar-refractivity contribution in [2.24, 2.45) is 0 Å². The zero-order valence-electron chi connectivity index (χ0n) is 11.5. The van der Waals surface area contributed by atoms with Crippen molar-refractivity contribution >= 4 is 17.3 Å². The zero-order chi connectivity index (χ0) is 15.2. The summed E-state index contributed by atoms with van der Waals surface area (Å²) in [5.41, 5.74) is 0.733. The maximum atomic E-state index is 11.4. The van der Waals surface area contributed by atoms with E-state index in [-0.39, 0.29) is 17.2 Å². The molecule has 7 heteroatoms. The number of nitro benzene ring substituents is 1. The minimum atomic E-state index is -0.524. The molecule has 1 aliphatic rings. The number of nitro groups is 1. The second-order valence-electron chi connectivity index (χ2n) is 4.86. The van der Waals surface area contributed by atoms with E-state index >= 15 is 0 Å². The molecule has 0 atom stereocenters. The Bertz CT molecular complexity index is 594. The molecule has 1 aromatic rings. The Labute approximate surface area is 122 Å². The van der Waals surface area contributed by atoms with Gasteiger partial charge in [0.25, 0.3) is 5.69 Å². The number of hydrogen-bond donors (Lipinski definition) is 1. The van der Waals surface area contributed by atoms with Gasteiger partial charge in [0.05, 0.1) is 16.2 Å². The minimum Gasteiger partial charge on any atom is -0.384 e. The van der Waals surface area contributed by atoms with E-state index in [4.69, 9.17) is 5.26 Å². The summed E-state index contributed by atoms with van der Waals surface area (Å²) in [6.07, 6.45) is 2.33. The monoisotopic (exact) mass is 288 g/mol. The van der Waals surface area contributed by atoms with E-state index in [2.05, 4.69) is 5.32 Å². The molecule has 0 bridgehead atoms. The van der Waals surface area contributed by atoms with Crippen molar-refractivity contribution in [3.63, 3.8) is 0 Å². The van der Waals surface area contributed by atoms with Crippen molar-refractivity contribution in [3.8, 4) is 6.07 Å². The molecule has 7 nitrogen and oxygen atoms in total. The molecule has 21 heavy (non-hydrogen) atoms. The van der Waals surface area contributed by atoms with Crippen LogP contribution >= 0.6 is 0 Å². The van der Waals surface area contributed by atoms with Crippen LogP contribution in [0.1, 0.15) is 24.8 Å². The number of non-ortho nitro benzene ring substituents is 1. The molecule has 2 rings (SSSR count). The fraction of sp³-hybridized carbons (Fsp3) is 0.429. The van der Waals surface area contributed by atoms with Crippen molar-refractivity contribution < 1.29 is 9.72 Å². The largest absolute Gasteiger partial charge is 0.384 e. The Kier molecular flexibility index (Phi) is 4.72. The van der Waals surface area contributed by atoms with Gasteiger partial charge >= 0.3 is 0 Å². The number of hydrogen-bond acceptors (Lipinski definition) is 5. The minimum absolute atomic E-state index is 0.0974. The van der Waals surface area contributed by atoms with E-state index in [1.807, 2.05) is 11.0 Å². The van der Waals surface area contributed by atoms with Gasteiger partial charge in [-0.15, -0.1) is 0 Å². The predicted octanol–water partition coefficient (Wildman–Crippen LogP) is 1.89. The Hall–Kier alpha value is -2.62. The van der Waals surface area contributed by atoms with E-state index in [0.717, 1.165) is 19.4 Å². The quantitative estimate of drug-likeness (QED) is 0.489. The summed E-state index contributed by atoms with van der Waals surface area (Å²) >= 11 is 0. The van der Waals surface area contributed by atoms with E-state index in [1.165, 1.54) is 18.2 Å². The first-order chi connectivity index (χ1) is 10.1. The van der Waals surface area contributed by atoms with Crippen LogP contribution in [0.2, 0.25) is 0 Å². The van der Waals surface area contributed by atoms with E-state index in [9.17, 15) is 14.9 Å². The molecule has 1 aromatic carbocycles. The van der Waals surface area contributed by atoms with Gasteiger partial charge in [-0.1, -0.05) is 0 Å². The molecular formula is C14H16N4O3. The van der Waals surface area contributed by atoms with Gasteiger partial charge in [-0.3, -0.25) is 14.9 Å². The SMILES string of the molecule is N#Cc1cc([N+](=O)[O-])ccc1NCCCN1CCCC1=O. The first-order valence-corrected chi connectivity index (χ1v) is 6.82. The number of anilines is 1. The normalized spacial score (nSPS) is 14.0. The number of nitrogens with one attached hydrogen (secondary N) is 1. The summed E-state index contributed by atoms with van der Waals surface area (Å²) in [4.78, 5) is 23.4. The highest BCUT2D eigenvalue weighted by Gasteiger charge is 2.19. The van der Waals surface area contributed by atoms with Crippen LogP contribution in [0.5, 0.6) is 0 Å². The van der Waals surface area contributed by atoms with Crippen LogP contribution in [0.15, 0.2) is 18.2 Å². The Morgan fingerprint density at radius 3 is 2.90 bits per heavy atom. The maximum absolute atomic E-state index is 11.4. The Morgan fingerprint density at radius 1 is 1.48 bits per heavy atom. The third-order valence-electron chi connectivity index (χ3n) is 3.43. The molecule has 1 amide bonds. The molecule has 0 saturated carbocycles. The highest BCUT2D eigenvalue weighted by Crippen LogP contribution is 2.21. The first kappa shape index (κ1) is 14.8. The molecule has 1 heterocycles. The van der Waals surface area contributed by atoms with Gasteiger partial charge in [0.2, 0.25) is 5.91 Å². The van der Waals surface area contributed by atoms with Crippen molar-refractivity contribution in [1.29, 1.82) is 5.26 Å². The van der Waals surface area contributed by atoms with E-state index < -0.39 is 4.92 Å². The molecule has 1 fully saturated rings. The van der Waals surface area contributed by atoms with E-state index in [0.29, 0.717) is 25.2 Å². The summed E-state index contributed by atoms with van der Waals surface area (Å²) in [6.45, 7) is 2.12. The summed E-state index contributed by atoms with van der Waals surface area (Å²) in [5, 5.41) is 22.8. The fourth-order valence-corrected chi connectivity index (χ4v) is 2.33. The predicted molar refractivity (Wildman–Crippen MR) is 76.7 cm³/mol. The number of nitrogens with zero attached hydrogens (tertiary/aromatic N) is 3. The molecular weight excluding hydrogens is 272 g/mol. The van der Waals surface area contributed by atoms with Crippen molar-refractivity contribution in [1.82, 2.24) is 4.90 Å². The summed E-state index contributed by atoms with van der Waals surface area (Å²) < 4.78 is 0. The van der Waals surface area contributed by atoms with Gasteiger partial charge < -0.3 is 10.2 Å². The number of nitriles is 1. The van der Waals surface area contributed by atoms with Crippen LogP contribution < -0.4 is 5.32 Å².